The van der Waals surface area contributed by atoms with E-state index in [-0.39, 0.29) is 0 Å². The molecule has 4 N–H and O–H groups in total. The number of aromatic nitrogens is 2. The van der Waals surface area contributed by atoms with Gasteiger partial charge in [-0.15, -0.1) is 0 Å². The normalized spacial score (nSPS) is 17.3. The summed E-state index contributed by atoms with van der Waals surface area (Å²) in [6.07, 6.45) is 4.16. The van der Waals surface area contributed by atoms with Crippen molar-refractivity contribution in [3.8, 4) is 0 Å². The number of nitrogens with zero attached hydrogens (tertiary/aromatic N) is 2. The first-order valence-electron chi connectivity index (χ1n) is 5.27. The van der Waals surface area contributed by atoms with Crippen molar-refractivity contribution in [1.82, 2.24) is 9.97 Å². The van der Waals surface area contributed by atoms with Crippen molar-refractivity contribution in [1.29, 1.82) is 0 Å². The van der Waals surface area contributed by atoms with E-state index in [4.69, 9.17) is 5.84 Å². The molecular formula is C10H17N5. The summed E-state index contributed by atoms with van der Waals surface area (Å²) in [5.41, 5.74) is 3.53. The molecule has 0 aliphatic heterocycles. The maximum atomic E-state index is 5.35. The lowest BCUT2D eigenvalue weighted by molar-refractivity contribution is 0.689. The van der Waals surface area contributed by atoms with E-state index in [0.29, 0.717) is 11.9 Å². The Balaban J connectivity index is 2.12. The lowest BCUT2D eigenvalue weighted by Crippen LogP contribution is -2.20. The molecule has 2 rings (SSSR count). The van der Waals surface area contributed by atoms with Gasteiger partial charge in [-0.1, -0.05) is 0 Å². The van der Waals surface area contributed by atoms with E-state index < -0.39 is 0 Å². The molecule has 0 aromatic carbocycles. The highest BCUT2D eigenvalue weighted by Crippen LogP contribution is 2.34. The highest BCUT2D eigenvalue weighted by Gasteiger charge is 2.28. The molecule has 1 saturated carbocycles. The van der Waals surface area contributed by atoms with E-state index >= 15 is 0 Å². The van der Waals surface area contributed by atoms with Crippen molar-refractivity contribution < 1.29 is 0 Å². The molecule has 82 valence electrons. The summed E-state index contributed by atoms with van der Waals surface area (Å²) in [4.78, 5) is 8.26. The van der Waals surface area contributed by atoms with Crippen LogP contribution in [-0.2, 0) is 0 Å². The van der Waals surface area contributed by atoms with Gasteiger partial charge < -0.3 is 10.7 Å². The number of rotatable bonds is 4. The maximum absolute atomic E-state index is 5.35. The van der Waals surface area contributed by atoms with E-state index in [2.05, 4.69) is 27.6 Å². The van der Waals surface area contributed by atoms with E-state index in [1.807, 2.05) is 6.92 Å². The van der Waals surface area contributed by atoms with Gasteiger partial charge >= 0.3 is 0 Å². The minimum atomic E-state index is 0.476. The van der Waals surface area contributed by atoms with E-state index in [1.54, 1.807) is 0 Å². The first-order chi connectivity index (χ1) is 7.22. The van der Waals surface area contributed by atoms with Gasteiger partial charge in [-0.25, -0.2) is 15.8 Å². The van der Waals surface area contributed by atoms with Crippen LogP contribution in [0.2, 0.25) is 0 Å². The zero-order valence-corrected chi connectivity index (χ0v) is 9.12. The Labute approximate surface area is 89.5 Å². The van der Waals surface area contributed by atoms with Crippen LogP contribution in [0.15, 0.2) is 6.33 Å². The minimum Gasteiger partial charge on any atom is -0.367 e. The van der Waals surface area contributed by atoms with Gasteiger partial charge in [-0.05, 0) is 32.6 Å². The van der Waals surface area contributed by atoms with Gasteiger partial charge in [-0.2, -0.15) is 0 Å². The maximum Gasteiger partial charge on any atom is 0.148 e. The van der Waals surface area contributed by atoms with Crippen LogP contribution < -0.4 is 16.6 Å². The topological polar surface area (TPSA) is 75.9 Å². The Morgan fingerprint density at radius 1 is 1.40 bits per heavy atom. The summed E-state index contributed by atoms with van der Waals surface area (Å²) in [7, 11) is 0. The first-order valence-corrected chi connectivity index (χ1v) is 5.27. The molecule has 5 heteroatoms. The van der Waals surface area contributed by atoms with Crippen molar-refractivity contribution in [2.75, 3.05) is 10.7 Å². The third-order valence-corrected chi connectivity index (χ3v) is 2.91. The van der Waals surface area contributed by atoms with Crippen molar-refractivity contribution in [2.24, 2.45) is 11.8 Å². The lowest BCUT2D eigenvalue weighted by Gasteiger charge is -2.16. The standard InChI is InChI=1S/C10H17N5/c1-6-9(12-5-13-10(6)15-11)14-7(2)8-3-4-8/h5,7-8H,3-4,11H2,1-2H3,(H2,12,13,14,15). The molecule has 0 bridgehead atoms. The Hall–Kier alpha value is -1.36. The number of nitrogens with one attached hydrogen (secondary N) is 2. The Morgan fingerprint density at radius 2 is 2.07 bits per heavy atom. The fraction of sp³-hybridized carbons (Fsp3) is 0.600. The van der Waals surface area contributed by atoms with E-state index in [9.17, 15) is 0 Å². The Kier molecular flexibility index (Phi) is 2.73. The van der Waals surface area contributed by atoms with Gasteiger partial charge in [0.1, 0.15) is 18.0 Å². The van der Waals surface area contributed by atoms with Gasteiger partial charge in [0.15, 0.2) is 0 Å². The van der Waals surface area contributed by atoms with Crippen LogP contribution in [-0.4, -0.2) is 16.0 Å². The van der Waals surface area contributed by atoms with Crippen molar-refractivity contribution in [3.05, 3.63) is 11.9 Å². The van der Waals surface area contributed by atoms with E-state index in [0.717, 1.165) is 17.3 Å². The summed E-state index contributed by atoms with van der Waals surface area (Å²) in [5.74, 6) is 7.70. The molecule has 1 atom stereocenters. The molecule has 1 unspecified atom stereocenters. The molecule has 1 aliphatic carbocycles. The second-order valence-corrected chi connectivity index (χ2v) is 4.11. The molecule has 0 amide bonds. The summed E-state index contributed by atoms with van der Waals surface area (Å²) in [5, 5.41) is 3.40. The fourth-order valence-electron chi connectivity index (χ4n) is 1.67. The fourth-order valence-corrected chi connectivity index (χ4v) is 1.67. The van der Waals surface area contributed by atoms with Gasteiger partial charge in [0.2, 0.25) is 0 Å². The molecule has 5 nitrogen and oxygen atoms in total. The predicted molar refractivity (Wildman–Crippen MR) is 60.4 cm³/mol. The third kappa shape index (κ3) is 2.18. The van der Waals surface area contributed by atoms with Crippen LogP contribution in [0.1, 0.15) is 25.3 Å². The predicted octanol–water partition coefficient (Wildman–Crippen LogP) is 1.28. The molecule has 1 aromatic heterocycles. The van der Waals surface area contributed by atoms with Gasteiger partial charge in [-0.3, -0.25) is 0 Å². The van der Waals surface area contributed by atoms with Crippen LogP contribution in [0.3, 0.4) is 0 Å². The molecule has 15 heavy (non-hydrogen) atoms. The zero-order valence-electron chi connectivity index (χ0n) is 9.12. The number of hydrogen-bond donors (Lipinski definition) is 3. The number of nitrogen functional groups attached to an aromatic ring is 1. The summed E-state index contributed by atoms with van der Waals surface area (Å²) in [6, 6.07) is 0.476. The summed E-state index contributed by atoms with van der Waals surface area (Å²) >= 11 is 0. The summed E-state index contributed by atoms with van der Waals surface area (Å²) < 4.78 is 0. The average molecular weight is 207 g/mol. The monoisotopic (exact) mass is 207 g/mol. The van der Waals surface area contributed by atoms with E-state index in [1.165, 1.54) is 19.2 Å². The third-order valence-electron chi connectivity index (χ3n) is 2.91. The Bertz CT molecular complexity index is 348. The second kappa shape index (κ2) is 4.02. The van der Waals surface area contributed by atoms with Crippen molar-refractivity contribution in [2.45, 2.75) is 32.7 Å². The summed E-state index contributed by atoms with van der Waals surface area (Å²) in [6.45, 7) is 4.14. The molecule has 1 aromatic rings. The Morgan fingerprint density at radius 3 is 2.67 bits per heavy atom. The molecule has 1 heterocycles. The number of hydrogen-bond acceptors (Lipinski definition) is 5. The van der Waals surface area contributed by atoms with Gasteiger partial charge in [0, 0.05) is 11.6 Å². The smallest absolute Gasteiger partial charge is 0.148 e. The highest BCUT2D eigenvalue weighted by atomic mass is 15.3. The van der Waals surface area contributed by atoms with Crippen LogP contribution in [0.25, 0.3) is 0 Å². The lowest BCUT2D eigenvalue weighted by atomic mass is 10.2. The van der Waals surface area contributed by atoms with Crippen LogP contribution >= 0.6 is 0 Å². The second-order valence-electron chi connectivity index (χ2n) is 4.11. The SMILES string of the molecule is Cc1c(NN)ncnc1NC(C)C1CC1. The largest absolute Gasteiger partial charge is 0.367 e. The molecular weight excluding hydrogens is 190 g/mol. The number of nitrogens with two attached hydrogens (primary N) is 1. The minimum absolute atomic E-state index is 0.476. The first kappa shape index (κ1) is 10.2. The van der Waals surface area contributed by atoms with Gasteiger partial charge in [0.25, 0.3) is 0 Å². The number of anilines is 2. The van der Waals surface area contributed by atoms with Crippen LogP contribution in [0, 0.1) is 12.8 Å². The zero-order chi connectivity index (χ0) is 10.8. The average Bonchev–Trinajstić information content (AvgIpc) is 3.04. The quantitative estimate of drug-likeness (QED) is 0.512. The molecule has 1 fully saturated rings. The molecule has 0 saturated heterocycles. The number of hydrazine groups is 1. The van der Waals surface area contributed by atoms with Crippen LogP contribution in [0.4, 0.5) is 11.6 Å². The van der Waals surface area contributed by atoms with Crippen molar-refractivity contribution >= 4 is 11.6 Å². The molecule has 1 aliphatic rings. The molecule has 0 spiro atoms. The van der Waals surface area contributed by atoms with Gasteiger partial charge in [0.05, 0.1) is 0 Å². The highest BCUT2D eigenvalue weighted by molar-refractivity contribution is 5.56. The van der Waals surface area contributed by atoms with Crippen LogP contribution in [0.5, 0.6) is 0 Å². The van der Waals surface area contributed by atoms with Crippen molar-refractivity contribution in [3.63, 3.8) is 0 Å². The molecule has 0 radical (unpaired) electrons.